The zero-order valence-electron chi connectivity index (χ0n) is 14.3. The van der Waals surface area contributed by atoms with Crippen LogP contribution in [-0.4, -0.2) is 25.0 Å². The minimum atomic E-state index is -0.545. The van der Waals surface area contributed by atoms with Crippen LogP contribution in [0.3, 0.4) is 0 Å². The van der Waals surface area contributed by atoms with Gasteiger partial charge in [-0.3, -0.25) is 20.4 Å². The summed E-state index contributed by atoms with van der Waals surface area (Å²) in [5, 5.41) is 0.749. The fourth-order valence-corrected chi connectivity index (χ4v) is 2.42. The van der Waals surface area contributed by atoms with Gasteiger partial charge in [0.15, 0.2) is 13.2 Å². The van der Waals surface area contributed by atoms with E-state index in [0.29, 0.717) is 16.5 Å². The van der Waals surface area contributed by atoms with Gasteiger partial charge in [-0.2, -0.15) is 0 Å². The highest BCUT2D eigenvalue weighted by atomic mass is 35.5. The minimum absolute atomic E-state index is 0.228. The van der Waals surface area contributed by atoms with E-state index in [1.165, 1.54) is 6.07 Å². The molecular weight excluding hydrogens is 379 g/mol. The SMILES string of the molecule is Cc1ccc(C)c(OCC(=O)NNC(=O)COc2ccc(Cl)cc2Cl)c1. The Labute approximate surface area is 161 Å². The maximum Gasteiger partial charge on any atom is 0.276 e. The number of rotatable bonds is 6. The Bertz CT molecular complexity index is 812. The lowest BCUT2D eigenvalue weighted by atomic mass is 10.1. The highest BCUT2D eigenvalue weighted by Gasteiger charge is 2.09. The molecule has 0 radical (unpaired) electrons. The summed E-state index contributed by atoms with van der Waals surface area (Å²) in [5.74, 6) is -0.108. The summed E-state index contributed by atoms with van der Waals surface area (Å²) in [5.41, 5.74) is 6.42. The second kappa shape index (κ2) is 9.31. The van der Waals surface area contributed by atoms with Gasteiger partial charge in [0.1, 0.15) is 11.5 Å². The molecule has 2 rings (SSSR count). The minimum Gasteiger partial charge on any atom is -0.483 e. The Morgan fingerprint density at radius 1 is 0.885 bits per heavy atom. The maximum atomic E-state index is 11.8. The van der Waals surface area contributed by atoms with Crippen LogP contribution in [0.25, 0.3) is 0 Å². The molecular formula is C18H18Cl2N2O4. The lowest BCUT2D eigenvalue weighted by molar-refractivity contribution is -0.131. The van der Waals surface area contributed by atoms with Crippen molar-refractivity contribution in [1.82, 2.24) is 10.9 Å². The van der Waals surface area contributed by atoms with Gasteiger partial charge in [-0.25, -0.2) is 0 Å². The summed E-state index contributed by atoms with van der Waals surface area (Å²) in [6, 6.07) is 10.3. The molecule has 0 unspecified atom stereocenters. The predicted octanol–water partition coefficient (Wildman–Crippen LogP) is 3.22. The molecule has 138 valence electrons. The highest BCUT2D eigenvalue weighted by molar-refractivity contribution is 6.35. The van der Waals surface area contributed by atoms with Crippen molar-refractivity contribution in [2.75, 3.05) is 13.2 Å². The van der Waals surface area contributed by atoms with Crippen molar-refractivity contribution < 1.29 is 19.1 Å². The Balaban J connectivity index is 1.73. The number of hydrazine groups is 1. The molecule has 0 bridgehead atoms. The van der Waals surface area contributed by atoms with Crippen molar-refractivity contribution >= 4 is 35.0 Å². The number of aryl methyl sites for hydroxylation is 2. The number of benzene rings is 2. The van der Waals surface area contributed by atoms with Crippen LogP contribution in [0.1, 0.15) is 11.1 Å². The number of carbonyl (C=O) groups is 2. The van der Waals surface area contributed by atoms with Gasteiger partial charge in [0.2, 0.25) is 0 Å². The number of hydrogen-bond donors (Lipinski definition) is 2. The van der Waals surface area contributed by atoms with E-state index < -0.39 is 11.8 Å². The van der Waals surface area contributed by atoms with E-state index in [1.807, 2.05) is 32.0 Å². The van der Waals surface area contributed by atoms with Gasteiger partial charge in [-0.05, 0) is 49.2 Å². The molecule has 0 atom stereocenters. The van der Waals surface area contributed by atoms with Crippen LogP contribution in [0, 0.1) is 13.8 Å². The fourth-order valence-electron chi connectivity index (χ4n) is 1.95. The zero-order valence-corrected chi connectivity index (χ0v) is 15.8. The molecule has 8 heteroatoms. The molecule has 6 nitrogen and oxygen atoms in total. The van der Waals surface area contributed by atoms with Gasteiger partial charge in [-0.15, -0.1) is 0 Å². The Morgan fingerprint density at radius 2 is 1.50 bits per heavy atom. The summed E-state index contributed by atoms with van der Waals surface area (Å²) in [6.07, 6.45) is 0. The zero-order chi connectivity index (χ0) is 19.1. The maximum absolute atomic E-state index is 11.8. The summed E-state index contributed by atoms with van der Waals surface area (Å²) in [4.78, 5) is 23.5. The molecule has 26 heavy (non-hydrogen) atoms. The molecule has 0 aromatic heterocycles. The lowest BCUT2D eigenvalue weighted by Gasteiger charge is -2.11. The third-order valence-corrected chi connectivity index (χ3v) is 3.83. The van der Waals surface area contributed by atoms with Gasteiger partial charge in [0.25, 0.3) is 11.8 Å². The van der Waals surface area contributed by atoms with Gasteiger partial charge in [0.05, 0.1) is 5.02 Å². The van der Waals surface area contributed by atoms with Crippen LogP contribution in [0.5, 0.6) is 11.5 Å². The van der Waals surface area contributed by atoms with Crippen molar-refractivity contribution in [3.8, 4) is 11.5 Å². The molecule has 2 N–H and O–H groups in total. The van der Waals surface area contributed by atoms with Crippen LogP contribution in [0.15, 0.2) is 36.4 Å². The van der Waals surface area contributed by atoms with Crippen LogP contribution in [0.4, 0.5) is 0 Å². The molecule has 2 aromatic carbocycles. The fraction of sp³-hybridized carbons (Fsp3) is 0.222. The first kappa shape index (κ1) is 19.9. The Kier molecular flexibility index (Phi) is 7.12. The topological polar surface area (TPSA) is 76.7 Å². The van der Waals surface area contributed by atoms with Crippen molar-refractivity contribution in [2.24, 2.45) is 0 Å². The number of amides is 2. The largest absolute Gasteiger partial charge is 0.483 e. The molecule has 0 aliphatic carbocycles. The van der Waals surface area contributed by atoms with Gasteiger partial charge >= 0.3 is 0 Å². The predicted molar refractivity (Wildman–Crippen MR) is 99.7 cm³/mol. The number of hydrogen-bond acceptors (Lipinski definition) is 4. The first-order valence-electron chi connectivity index (χ1n) is 7.70. The second-order valence-corrected chi connectivity index (χ2v) is 6.36. The van der Waals surface area contributed by atoms with Gasteiger partial charge in [0, 0.05) is 5.02 Å². The lowest BCUT2D eigenvalue weighted by Crippen LogP contribution is -2.45. The standard InChI is InChI=1S/C18H18Cl2N2O4/c1-11-3-4-12(2)16(7-11)26-10-18(24)22-21-17(23)9-25-15-6-5-13(19)8-14(15)20/h3-8H,9-10H2,1-2H3,(H,21,23)(H,22,24). The smallest absolute Gasteiger partial charge is 0.276 e. The highest BCUT2D eigenvalue weighted by Crippen LogP contribution is 2.27. The van der Waals surface area contributed by atoms with E-state index in [2.05, 4.69) is 10.9 Å². The third-order valence-electron chi connectivity index (χ3n) is 3.30. The second-order valence-electron chi connectivity index (χ2n) is 5.52. The van der Waals surface area contributed by atoms with E-state index in [9.17, 15) is 9.59 Å². The van der Waals surface area contributed by atoms with E-state index in [4.69, 9.17) is 32.7 Å². The van der Waals surface area contributed by atoms with Crippen molar-refractivity contribution in [3.05, 3.63) is 57.6 Å². The molecule has 0 saturated heterocycles. The van der Waals surface area contributed by atoms with E-state index in [1.54, 1.807) is 12.1 Å². The van der Waals surface area contributed by atoms with Crippen LogP contribution >= 0.6 is 23.2 Å². The quantitative estimate of drug-likeness (QED) is 0.734. The third kappa shape index (κ3) is 6.13. The van der Waals surface area contributed by atoms with Crippen LogP contribution < -0.4 is 20.3 Å². The first-order valence-corrected chi connectivity index (χ1v) is 8.46. The number of ether oxygens (including phenoxy) is 2. The molecule has 0 heterocycles. The summed E-state index contributed by atoms with van der Waals surface area (Å²) in [6.45, 7) is 3.27. The summed E-state index contributed by atoms with van der Waals surface area (Å²) < 4.78 is 10.7. The number of carbonyl (C=O) groups excluding carboxylic acids is 2. The van der Waals surface area contributed by atoms with Crippen LogP contribution in [0.2, 0.25) is 10.0 Å². The molecule has 0 aliphatic heterocycles. The van der Waals surface area contributed by atoms with Gasteiger partial charge < -0.3 is 9.47 Å². The molecule has 2 aromatic rings. The summed E-state index contributed by atoms with van der Waals surface area (Å²) in [7, 11) is 0. The van der Waals surface area contributed by atoms with E-state index in [0.717, 1.165) is 11.1 Å². The molecule has 0 aliphatic rings. The van der Waals surface area contributed by atoms with Gasteiger partial charge in [-0.1, -0.05) is 35.3 Å². The first-order chi connectivity index (χ1) is 12.3. The van der Waals surface area contributed by atoms with Crippen LogP contribution in [-0.2, 0) is 9.59 Å². The van der Waals surface area contributed by atoms with Crippen molar-refractivity contribution in [1.29, 1.82) is 0 Å². The van der Waals surface area contributed by atoms with Crippen molar-refractivity contribution in [3.63, 3.8) is 0 Å². The number of nitrogens with one attached hydrogen (secondary N) is 2. The van der Waals surface area contributed by atoms with Crippen molar-refractivity contribution in [2.45, 2.75) is 13.8 Å². The molecule has 0 saturated carbocycles. The average molecular weight is 397 g/mol. The van der Waals surface area contributed by atoms with E-state index in [-0.39, 0.29) is 18.2 Å². The average Bonchev–Trinajstić information content (AvgIpc) is 2.60. The monoisotopic (exact) mass is 396 g/mol. The summed E-state index contributed by atoms with van der Waals surface area (Å²) >= 11 is 11.7. The number of halogens is 2. The van der Waals surface area contributed by atoms with E-state index >= 15 is 0 Å². The molecule has 0 spiro atoms. The Hall–Kier alpha value is -2.44. The molecule has 2 amide bonds. The molecule has 0 fully saturated rings. The normalized spacial score (nSPS) is 10.2. The Morgan fingerprint density at radius 3 is 2.12 bits per heavy atom.